The summed E-state index contributed by atoms with van der Waals surface area (Å²) in [4.78, 5) is 12.1. The van der Waals surface area contributed by atoms with Crippen LogP contribution < -0.4 is 9.46 Å². The first kappa shape index (κ1) is 20.8. The summed E-state index contributed by atoms with van der Waals surface area (Å²) in [5, 5.41) is 11.4. The predicted octanol–water partition coefficient (Wildman–Crippen LogP) is 3.57. The Balaban J connectivity index is 1.87. The Morgan fingerprint density at radius 3 is 2.34 bits per heavy atom. The zero-order chi connectivity index (χ0) is 20.9. The van der Waals surface area contributed by atoms with Crippen molar-refractivity contribution in [1.82, 2.24) is 4.72 Å². The molecule has 0 aliphatic rings. The summed E-state index contributed by atoms with van der Waals surface area (Å²) in [6.07, 6.45) is 0.181. The number of hydrogen-bond acceptors (Lipinski definition) is 4. The molecule has 0 amide bonds. The fourth-order valence-electron chi connectivity index (χ4n) is 3.08. The molecule has 0 radical (unpaired) electrons. The van der Waals surface area contributed by atoms with Crippen molar-refractivity contribution in [2.45, 2.75) is 25.5 Å². The molecule has 29 heavy (non-hydrogen) atoms. The predicted molar refractivity (Wildman–Crippen MR) is 112 cm³/mol. The van der Waals surface area contributed by atoms with E-state index in [2.05, 4.69) is 4.72 Å². The molecule has 0 aliphatic carbocycles. The number of rotatable bonds is 9. The first-order valence-corrected chi connectivity index (χ1v) is 11.0. The lowest BCUT2D eigenvalue weighted by molar-refractivity contribution is -0.156. The molecule has 0 heterocycles. The Morgan fingerprint density at radius 2 is 1.66 bits per heavy atom. The molecule has 6 nitrogen and oxygen atoms in total. The minimum Gasteiger partial charge on any atom is -0.477 e. The van der Waals surface area contributed by atoms with Crippen LogP contribution in [0.2, 0.25) is 0 Å². The third-order valence-electron chi connectivity index (χ3n) is 4.70. The average Bonchev–Trinajstić information content (AvgIpc) is 2.72. The van der Waals surface area contributed by atoms with Crippen molar-refractivity contribution >= 4 is 26.8 Å². The molecule has 0 bridgehead atoms. The maximum absolute atomic E-state index is 12.7. The van der Waals surface area contributed by atoms with E-state index in [4.69, 9.17) is 4.74 Å². The second-order valence-electron chi connectivity index (χ2n) is 6.72. The second kappa shape index (κ2) is 8.63. The number of aliphatic carboxylic acids is 1. The minimum atomic E-state index is -3.92. The number of hydrogen-bond donors (Lipinski definition) is 2. The zero-order valence-corrected chi connectivity index (χ0v) is 16.9. The highest BCUT2D eigenvalue weighted by Crippen LogP contribution is 2.29. The van der Waals surface area contributed by atoms with Crippen LogP contribution in [0.25, 0.3) is 10.8 Å². The van der Waals surface area contributed by atoms with E-state index in [1.165, 1.54) is 0 Å². The van der Waals surface area contributed by atoms with Gasteiger partial charge in [0, 0.05) is 11.8 Å². The number of carboxylic acid groups (broad SMARTS) is 1. The van der Waals surface area contributed by atoms with Gasteiger partial charge in [-0.1, -0.05) is 73.7 Å². The van der Waals surface area contributed by atoms with Gasteiger partial charge in [-0.15, -0.1) is 0 Å². The molecule has 3 aromatic rings. The monoisotopic (exact) mass is 413 g/mol. The van der Waals surface area contributed by atoms with Crippen molar-refractivity contribution < 1.29 is 23.1 Å². The summed E-state index contributed by atoms with van der Waals surface area (Å²) in [5.74, 6) is -1.33. The molecule has 2 N–H and O–H groups in total. The molecular weight excluding hydrogens is 390 g/mol. The van der Waals surface area contributed by atoms with Crippen LogP contribution in [0.15, 0.2) is 72.8 Å². The molecular formula is C22H23NO5S. The van der Waals surface area contributed by atoms with E-state index in [0.717, 1.165) is 10.9 Å². The summed E-state index contributed by atoms with van der Waals surface area (Å²) in [7, 11) is -3.92. The first-order valence-electron chi connectivity index (χ1n) is 9.31. The van der Waals surface area contributed by atoms with Gasteiger partial charge < -0.3 is 9.84 Å². The van der Waals surface area contributed by atoms with E-state index in [1.54, 1.807) is 25.1 Å². The summed E-state index contributed by atoms with van der Waals surface area (Å²) < 4.78 is 33.5. The lowest BCUT2D eigenvalue weighted by Crippen LogP contribution is -2.58. The molecule has 152 valence electrons. The molecule has 0 saturated carbocycles. The lowest BCUT2D eigenvalue weighted by Gasteiger charge is -2.30. The maximum Gasteiger partial charge on any atom is 0.364 e. The molecule has 3 aromatic carbocycles. The van der Waals surface area contributed by atoms with E-state index >= 15 is 0 Å². The number of fused-ring (bicyclic) bond motifs is 1. The van der Waals surface area contributed by atoms with E-state index < -0.39 is 21.7 Å². The van der Waals surface area contributed by atoms with Gasteiger partial charge in [-0.05, 0) is 23.4 Å². The molecule has 0 saturated heterocycles. The number of carboxylic acids is 1. The molecule has 0 aliphatic heterocycles. The van der Waals surface area contributed by atoms with Crippen LogP contribution in [0, 0.1) is 0 Å². The quantitative estimate of drug-likeness (QED) is 0.523. The van der Waals surface area contributed by atoms with Crippen LogP contribution in [0.1, 0.15) is 18.9 Å². The summed E-state index contributed by atoms with van der Waals surface area (Å²) >= 11 is 0. The van der Waals surface area contributed by atoms with Crippen molar-refractivity contribution in [1.29, 1.82) is 0 Å². The highest BCUT2D eigenvalue weighted by Gasteiger charge is 2.43. The molecule has 1 atom stereocenters. The lowest BCUT2D eigenvalue weighted by atomic mass is 10.1. The van der Waals surface area contributed by atoms with Crippen LogP contribution >= 0.6 is 0 Å². The Bertz CT molecular complexity index is 1090. The number of carbonyl (C=O) groups is 1. The van der Waals surface area contributed by atoms with Gasteiger partial charge in [-0.3, -0.25) is 0 Å². The van der Waals surface area contributed by atoms with Gasteiger partial charge in [0.25, 0.3) is 5.72 Å². The van der Waals surface area contributed by atoms with Crippen molar-refractivity contribution in [3.05, 3.63) is 78.4 Å². The van der Waals surface area contributed by atoms with E-state index in [1.807, 2.05) is 54.6 Å². The fraction of sp³-hybridized carbons (Fsp3) is 0.227. The smallest absolute Gasteiger partial charge is 0.364 e. The van der Waals surface area contributed by atoms with Crippen molar-refractivity contribution in [3.63, 3.8) is 0 Å². The third-order valence-corrected chi connectivity index (χ3v) is 6.08. The topological polar surface area (TPSA) is 92.7 Å². The van der Waals surface area contributed by atoms with E-state index in [0.29, 0.717) is 11.1 Å². The molecule has 0 fully saturated rings. The summed E-state index contributed by atoms with van der Waals surface area (Å²) in [6, 6.07) is 21.8. The van der Waals surface area contributed by atoms with E-state index in [-0.39, 0.29) is 18.6 Å². The molecule has 0 aromatic heterocycles. The number of sulfonamides is 1. The van der Waals surface area contributed by atoms with E-state index in [9.17, 15) is 18.3 Å². The molecule has 7 heteroatoms. The van der Waals surface area contributed by atoms with Crippen molar-refractivity contribution in [2.24, 2.45) is 0 Å². The van der Waals surface area contributed by atoms with Gasteiger partial charge in [-0.25, -0.2) is 13.2 Å². The van der Waals surface area contributed by atoms with Crippen LogP contribution in [-0.2, 0) is 21.2 Å². The largest absolute Gasteiger partial charge is 0.477 e. The number of nitrogens with one attached hydrogen (secondary N) is 1. The zero-order valence-electron chi connectivity index (χ0n) is 16.0. The van der Waals surface area contributed by atoms with Crippen molar-refractivity contribution in [3.8, 4) is 5.75 Å². The Morgan fingerprint density at radius 1 is 1.00 bits per heavy atom. The number of aryl methyl sites for hydroxylation is 1. The second-order valence-corrected chi connectivity index (χ2v) is 8.56. The molecule has 3 rings (SSSR count). The summed E-state index contributed by atoms with van der Waals surface area (Å²) in [5.41, 5.74) is -1.25. The highest BCUT2D eigenvalue weighted by atomic mass is 32.2. The highest BCUT2D eigenvalue weighted by molar-refractivity contribution is 7.89. The SMILES string of the molecule is CCC(NS(=O)(=O)CCc1ccccc1)(Oc1cccc2ccccc12)C(=O)O. The van der Waals surface area contributed by atoms with Crippen LogP contribution in [0.4, 0.5) is 0 Å². The van der Waals surface area contributed by atoms with Crippen LogP contribution in [-0.4, -0.2) is 31.0 Å². The molecule has 1 unspecified atom stereocenters. The summed E-state index contributed by atoms with van der Waals surface area (Å²) in [6.45, 7) is 1.57. The van der Waals surface area contributed by atoms with Gasteiger partial charge in [0.2, 0.25) is 10.0 Å². The van der Waals surface area contributed by atoms with Crippen LogP contribution in [0.3, 0.4) is 0 Å². The Kier molecular flexibility index (Phi) is 6.20. The molecule has 0 spiro atoms. The standard InChI is InChI=1S/C22H23NO5S/c1-2-22(21(24)25,23-29(26,27)16-15-17-9-4-3-5-10-17)28-20-14-8-12-18-11-6-7-13-19(18)20/h3-14,23H,2,15-16H2,1H3,(H,24,25). The van der Waals surface area contributed by atoms with Gasteiger partial charge in [0.1, 0.15) is 5.75 Å². The third kappa shape index (κ3) is 4.93. The van der Waals surface area contributed by atoms with Crippen LogP contribution in [0.5, 0.6) is 5.75 Å². The number of benzene rings is 3. The van der Waals surface area contributed by atoms with Gasteiger partial charge in [0.05, 0.1) is 5.75 Å². The van der Waals surface area contributed by atoms with Gasteiger partial charge in [0.15, 0.2) is 0 Å². The van der Waals surface area contributed by atoms with Gasteiger partial charge >= 0.3 is 5.97 Å². The Labute approximate surface area is 170 Å². The maximum atomic E-state index is 12.7. The average molecular weight is 413 g/mol. The van der Waals surface area contributed by atoms with Gasteiger partial charge in [-0.2, -0.15) is 4.72 Å². The first-order chi connectivity index (χ1) is 13.9. The van der Waals surface area contributed by atoms with Crippen molar-refractivity contribution in [2.75, 3.05) is 5.75 Å². The normalized spacial score (nSPS) is 13.7. The number of ether oxygens (including phenoxy) is 1. The fourth-order valence-corrected chi connectivity index (χ4v) is 4.46. The minimum absolute atomic E-state index is 0.0872. The Hall–Kier alpha value is -2.90.